The predicted octanol–water partition coefficient (Wildman–Crippen LogP) is 2.00. The molecular formula is C16H17N3O4S2. The number of benzene rings is 1. The maximum absolute atomic E-state index is 12.7. The highest BCUT2D eigenvalue weighted by Gasteiger charge is 2.29. The number of sulfonamides is 1. The van der Waals surface area contributed by atoms with E-state index in [-0.39, 0.29) is 0 Å². The number of oxazole rings is 1. The molecule has 4 rings (SSSR count). The molecule has 1 fully saturated rings. The molecule has 1 N–H and O–H groups in total. The number of thiophene rings is 1. The van der Waals surface area contributed by atoms with E-state index < -0.39 is 15.8 Å². The van der Waals surface area contributed by atoms with Crippen molar-refractivity contribution in [2.75, 3.05) is 31.1 Å². The normalized spacial score (nSPS) is 16.6. The average Bonchev–Trinajstić information content (AvgIpc) is 3.19. The van der Waals surface area contributed by atoms with Gasteiger partial charge in [0.25, 0.3) is 10.0 Å². The van der Waals surface area contributed by atoms with Crippen LogP contribution in [0.2, 0.25) is 0 Å². The average molecular weight is 379 g/mol. The molecule has 2 aromatic heterocycles. The van der Waals surface area contributed by atoms with Crippen LogP contribution in [0.1, 0.15) is 4.88 Å². The van der Waals surface area contributed by atoms with E-state index in [1.807, 2.05) is 25.1 Å². The molecule has 0 saturated carbocycles. The molecule has 1 aliphatic heterocycles. The van der Waals surface area contributed by atoms with Gasteiger partial charge in [0, 0.05) is 36.7 Å². The van der Waals surface area contributed by atoms with Crippen molar-refractivity contribution >= 4 is 38.1 Å². The first-order valence-corrected chi connectivity index (χ1v) is 10.1. The number of aromatic nitrogens is 1. The van der Waals surface area contributed by atoms with Gasteiger partial charge in [-0.15, -0.1) is 11.3 Å². The first kappa shape index (κ1) is 16.4. The van der Waals surface area contributed by atoms with Crippen molar-refractivity contribution in [3.05, 3.63) is 45.8 Å². The summed E-state index contributed by atoms with van der Waals surface area (Å²) in [5, 5.41) is 0. The van der Waals surface area contributed by atoms with Gasteiger partial charge in [-0.2, -0.15) is 4.31 Å². The summed E-state index contributed by atoms with van der Waals surface area (Å²) in [6, 6.07) is 8.98. The van der Waals surface area contributed by atoms with Crippen molar-refractivity contribution in [3.63, 3.8) is 0 Å². The van der Waals surface area contributed by atoms with Crippen LogP contribution in [-0.2, 0) is 10.0 Å². The van der Waals surface area contributed by atoms with Gasteiger partial charge in [0.05, 0.1) is 5.52 Å². The Morgan fingerprint density at radius 3 is 2.56 bits per heavy atom. The number of hydrogen-bond acceptors (Lipinski definition) is 6. The second-order valence-corrected chi connectivity index (χ2v) is 9.40. The van der Waals surface area contributed by atoms with Crippen molar-refractivity contribution in [2.45, 2.75) is 11.1 Å². The van der Waals surface area contributed by atoms with E-state index >= 15 is 0 Å². The Balaban J connectivity index is 1.51. The van der Waals surface area contributed by atoms with Crippen LogP contribution in [0.15, 0.2) is 43.8 Å². The molecule has 0 bridgehead atoms. The lowest BCUT2D eigenvalue weighted by Crippen LogP contribution is -2.48. The van der Waals surface area contributed by atoms with Gasteiger partial charge in [-0.1, -0.05) is 0 Å². The summed E-state index contributed by atoms with van der Waals surface area (Å²) in [5.41, 5.74) is 2.10. The maximum Gasteiger partial charge on any atom is 0.417 e. The fourth-order valence-corrected chi connectivity index (χ4v) is 5.86. The summed E-state index contributed by atoms with van der Waals surface area (Å²) in [6.45, 7) is 3.95. The van der Waals surface area contributed by atoms with E-state index in [9.17, 15) is 13.2 Å². The third-order valence-electron chi connectivity index (χ3n) is 4.32. The van der Waals surface area contributed by atoms with Crippen molar-refractivity contribution in [1.82, 2.24) is 9.29 Å². The highest BCUT2D eigenvalue weighted by atomic mass is 32.2. The number of nitrogens with one attached hydrogen (secondary N) is 1. The minimum Gasteiger partial charge on any atom is -0.408 e. The first-order chi connectivity index (χ1) is 11.9. The van der Waals surface area contributed by atoms with Crippen LogP contribution >= 0.6 is 11.3 Å². The molecule has 0 atom stereocenters. The number of aromatic amines is 1. The maximum atomic E-state index is 12.7. The predicted molar refractivity (Wildman–Crippen MR) is 96.9 cm³/mol. The quantitative estimate of drug-likeness (QED) is 0.752. The van der Waals surface area contributed by atoms with Gasteiger partial charge in [0.15, 0.2) is 5.58 Å². The van der Waals surface area contributed by atoms with E-state index in [1.165, 1.54) is 15.6 Å². The topological polar surface area (TPSA) is 86.6 Å². The molecule has 3 heterocycles. The molecule has 0 aliphatic carbocycles. The minimum atomic E-state index is -3.42. The van der Waals surface area contributed by atoms with Gasteiger partial charge in [0.2, 0.25) is 0 Å². The van der Waals surface area contributed by atoms with Crippen LogP contribution in [-0.4, -0.2) is 43.9 Å². The van der Waals surface area contributed by atoms with E-state index in [2.05, 4.69) is 9.88 Å². The zero-order chi connectivity index (χ0) is 17.6. The molecule has 3 aromatic rings. The Kier molecular flexibility index (Phi) is 3.94. The van der Waals surface area contributed by atoms with Crippen molar-refractivity contribution < 1.29 is 12.8 Å². The van der Waals surface area contributed by atoms with E-state index in [0.29, 0.717) is 41.5 Å². The van der Waals surface area contributed by atoms with Crippen LogP contribution in [0.3, 0.4) is 0 Å². The van der Waals surface area contributed by atoms with Crippen LogP contribution in [0, 0.1) is 6.92 Å². The van der Waals surface area contributed by atoms with Gasteiger partial charge >= 0.3 is 5.76 Å². The Hall–Kier alpha value is -2.10. The molecular weight excluding hydrogens is 362 g/mol. The Bertz CT molecular complexity index is 1070. The number of rotatable bonds is 3. The van der Waals surface area contributed by atoms with Crippen molar-refractivity contribution in [3.8, 4) is 0 Å². The third kappa shape index (κ3) is 2.99. The van der Waals surface area contributed by atoms with Gasteiger partial charge in [-0.25, -0.2) is 13.2 Å². The van der Waals surface area contributed by atoms with Crippen LogP contribution in [0.25, 0.3) is 11.1 Å². The molecule has 7 nitrogen and oxygen atoms in total. The summed E-state index contributed by atoms with van der Waals surface area (Å²) in [6.07, 6.45) is 0. The molecule has 0 unspecified atom stereocenters. The number of H-pyrrole nitrogens is 1. The van der Waals surface area contributed by atoms with Crippen LogP contribution in [0.5, 0.6) is 0 Å². The molecule has 0 radical (unpaired) electrons. The van der Waals surface area contributed by atoms with Crippen LogP contribution < -0.4 is 10.7 Å². The Labute approximate surface area is 148 Å². The van der Waals surface area contributed by atoms with Gasteiger partial charge < -0.3 is 9.32 Å². The SMILES string of the molecule is Cc1ccc(S(=O)(=O)N2CCN(c3ccc4oc(=O)[nH]c4c3)CC2)s1. The monoisotopic (exact) mass is 379 g/mol. The lowest BCUT2D eigenvalue weighted by Gasteiger charge is -2.35. The van der Waals surface area contributed by atoms with Crippen LogP contribution in [0.4, 0.5) is 5.69 Å². The number of piperazine rings is 1. The number of nitrogens with zero attached hydrogens (tertiary/aromatic N) is 2. The second kappa shape index (κ2) is 6.01. The van der Waals surface area contributed by atoms with Gasteiger partial charge in [0.1, 0.15) is 4.21 Å². The number of anilines is 1. The number of aryl methyl sites for hydroxylation is 1. The van der Waals surface area contributed by atoms with E-state index in [1.54, 1.807) is 12.1 Å². The fraction of sp³-hybridized carbons (Fsp3) is 0.312. The summed E-state index contributed by atoms with van der Waals surface area (Å²) >= 11 is 1.30. The Morgan fingerprint density at radius 1 is 1.12 bits per heavy atom. The summed E-state index contributed by atoms with van der Waals surface area (Å²) in [5.74, 6) is -0.477. The molecule has 25 heavy (non-hydrogen) atoms. The lowest BCUT2D eigenvalue weighted by molar-refractivity contribution is 0.386. The summed E-state index contributed by atoms with van der Waals surface area (Å²) in [4.78, 5) is 17.0. The highest BCUT2D eigenvalue weighted by Crippen LogP contribution is 2.27. The van der Waals surface area contributed by atoms with E-state index in [0.717, 1.165) is 10.6 Å². The lowest BCUT2D eigenvalue weighted by atomic mass is 10.2. The Morgan fingerprint density at radius 2 is 1.88 bits per heavy atom. The van der Waals surface area contributed by atoms with Gasteiger partial charge in [-0.05, 0) is 37.3 Å². The first-order valence-electron chi connectivity index (χ1n) is 7.88. The number of hydrogen-bond donors (Lipinski definition) is 1. The molecule has 1 aliphatic rings. The van der Waals surface area contributed by atoms with Crippen molar-refractivity contribution in [1.29, 1.82) is 0 Å². The third-order valence-corrected chi connectivity index (χ3v) is 7.68. The zero-order valence-corrected chi connectivity index (χ0v) is 15.2. The molecule has 1 aromatic carbocycles. The molecule has 1 saturated heterocycles. The standard InChI is InChI=1S/C16H17N3O4S2/c1-11-2-5-15(24-11)25(21,22)19-8-6-18(7-9-19)12-3-4-14-13(10-12)17-16(20)23-14/h2-5,10H,6-9H2,1H3,(H,17,20). The second-order valence-electron chi connectivity index (χ2n) is 5.95. The fourth-order valence-electron chi connectivity index (χ4n) is 3.00. The zero-order valence-electron chi connectivity index (χ0n) is 13.6. The molecule has 9 heteroatoms. The number of fused-ring (bicyclic) bond motifs is 1. The summed E-state index contributed by atoms with van der Waals surface area (Å²) in [7, 11) is -3.42. The largest absolute Gasteiger partial charge is 0.417 e. The minimum absolute atomic E-state index is 0.399. The van der Waals surface area contributed by atoms with E-state index in [4.69, 9.17) is 4.42 Å². The molecule has 0 spiro atoms. The highest BCUT2D eigenvalue weighted by molar-refractivity contribution is 7.91. The van der Waals surface area contributed by atoms with Gasteiger partial charge in [-0.3, -0.25) is 4.98 Å². The summed E-state index contributed by atoms with van der Waals surface area (Å²) < 4.78 is 32.3. The smallest absolute Gasteiger partial charge is 0.408 e. The molecule has 132 valence electrons. The van der Waals surface area contributed by atoms with Crippen molar-refractivity contribution in [2.24, 2.45) is 0 Å². The molecule has 0 amide bonds.